The van der Waals surface area contributed by atoms with E-state index in [0.717, 1.165) is 37.7 Å². The summed E-state index contributed by atoms with van der Waals surface area (Å²) in [5.41, 5.74) is 1.66. The van der Waals surface area contributed by atoms with Gasteiger partial charge in [-0.05, 0) is 49.7 Å². The third-order valence-corrected chi connectivity index (χ3v) is 4.63. The number of benzene rings is 1. The normalized spacial score (nSPS) is 20.3. The molecule has 0 amide bonds. The second-order valence-corrected chi connectivity index (χ2v) is 6.12. The van der Waals surface area contributed by atoms with Crippen LogP contribution in [0.15, 0.2) is 30.0 Å². The van der Waals surface area contributed by atoms with Gasteiger partial charge in [-0.1, -0.05) is 37.6 Å². The molecule has 3 nitrogen and oxygen atoms in total. The number of hydrogen-bond donors (Lipinski definition) is 1. The number of carbonyl (C=O) groups excluding carboxylic acids is 1. The Bertz CT molecular complexity index is 563. The fourth-order valence-electron chi connectivity index (χ4n) is 3.36. The summed E-state index contributed by atoms with van der Waals surface area (Å²) < 4.78 is 5.52. The molecule has 1 N–H and O–H groups in total. The molecule has 0 aromatic heterocycles. The maximum absolute atomic E-state index is 12.2. The van der Waals surface area contributed by atoms with E-state index in [4.69, 9.17) is 4.74 Å². The fourth-order valence-corrected chi connectivity index (χ4v) is 3.36. The van der Waals surface area contributed by atoms with E-state index < -0.39 is 5.60 Å². The van der Waals surface area contributed by atoms with Gasteiger partial charge in [-0.15, -0.1) is 0 Å². The number of aliphatic hydroxyl groups is 1. The van der Waals surface area contributed by atoms with Crippen molar-refractivity contribution in [1.29, 1.82) is 0 Å². The third-order valence-electron chi connectivity index (χ3n) is 4.63. The Balaban J connectivity index is 1.88. The van der Waals surface area contributed by atoms with Crippen LogP contribution in [0.2, 0.25) is 0 Å². The molecule has 0 atom stereocenters. The summed E-state index contributed by atoms with van der Waals surface area (Å²) in [5.74, 6) is -0.234. The Hall–Kier alpha value is -1.77. The van der Waals surface area contributed by atoms with Crippen LogP contribution in [0.5, 0.6) is 0 Å². The van der Waals surface area contributed by atoms with Gasteiger partial charge in [0.05, 0.1) is 0 Å². The predicted molar refractivity (Wildman–Crippen MR) is 81.9 cm³/mol. The van der Waals surface area contributed by atoms with Crippen molar-refractivity contribution >= 4 is 11.5 Å². The minimum atomic E-state index is -0.729. The van der Waals surface area contributed by atoms with E-state index in [9.17, 15) is 9.90 Å². The second kappa shape index (κ2) is 5.55. The molecule has 1 aliphatic heterocycles. The van der Waals surface area contributed by atoms with E-state index in [-0.39, 0.29) is 11.7 Å². The van der Waals surface area contributed by atoms with E-state index in [2.05, 4.69) is 6.92 Å². The molecule has 0 unspecified atom stereocenters. The van der Waals surface area contributed by atoms with Gasteiger partial charge < -0.3 is 9.84 Å². The Labute approximate surface area is 125 Å². The van der Waals surface area contributed by atoms with Crippen LogP contribution in [-0.2, 0) is 16.0 Å². The van der Waals surface area contributed by atoms with Crippen molar-refractivity contribution < 1.29 is 14.6 Å². The summed E-state index contributed by atoms with van der Waals surface area (Å²) in [7, 11) is 0. The second-order valence-electron chi connectivity index (χ2n) is 6.12. The molecule has 112 valence electrons. The minimum Gasteiger partial charge on any atom is -0.507 e. The van der Waals surface area contributed by atoms with Crippen LogP contribution in [0, 0.1) is 0 Å². The Morgan fingerprint density at radius 1 is 1.19 bits per heavy atom. The van der Waals surface area contributed by atoms with E-state index in [1.165, 1.54) is 18.4 Å². The van der Waals surface area contributed by atoms with E-state index >= 15 is 0 Å². The highest BCUT2D eigenvalue weighted by molar-refractivity contribution is 6.19. The monoisotopic (exact) mass is 286 g/mol. The van der Waals surface area contributed by atoms with Crippen molar-refractivity contribution in [2.24, 2.45) is 0 Å². The number of carbonyl (C=O) groups is 1. The number of hydrogen-bond acceptors (Lipinski definition) is 3. The highest BCUT2D eigenvalue weighted by Crippen LogP contribution is 2.46. The van der Waals surface area contributed by atoms with Gasteiger partial charge in [0.2, 0.25) is 0 Å². The molecule has 1 aliphatic carbocycles. The van der Waals surface area contributed by atoms with Gasteiger partial charge >= 0.3 is 5.97 Å². The molecule has 3 rings (SSSR count). The number of ether oxygens (including phenoxy) is 1. The van der Waals surface area contributed by atoms with Crippen molar-refractivity contribution in [2.45, 2.75) is 57.5 Å². The molecular weight excluding hydrogens is 264 g/mol. The molecule has 1 aromatic rings. The third kappa shape index (κ3) is 2.45. The quantitative estimate of drug-likeness (QED) is 0.845. The van der Waals surface area contributed by atoms with Crippen molar-refractivity contribution in [1.82, 2.24) is 0 Å². The molecule has 3 heteroatoms. The molecule has 21 heavy (non-hydrogen) atoms. The van der Waals surface area contributed by atoms with Crippen LogP contribution in [-0.4, -0.2) is 16.7 Å². The lowest BCUT2D eigenvalue weighted by Gasteiger charge is -2.21. The van der Waals surface area contributed by atoms with Crippen molar-refractivity contribution in [3.05, 3.63) is 41.2 Å². The molecule has 1 saturated carbocycles. The largest absolute Gasteiger partial charge is 0.507 e. The van der Waals surface area contributed by atoms with Crippen LogP contribution in [0.1, 0.15) is 56.6 Å². The van der Waals surface area contributed by atoms with E-state index in [1.54, 1.807) is 0 Å². The number of unbranched alkanes of at least 4 members (excludes halogenated alkanes) is 1. The van der Waals surface area contributed by atoms with Gasteiger partial charge in [0.1, 0.15) is 5.57 Å². The van der Waals surface area contributed by atoms with Gasteiger partial charge in [-0.3, -0.25) is 0 Å². The van der Waals surface area contributed by atoms with Gasteiger partial charge in [0, 0.05) is 0 Å². The number of esters is 1. The first-order valence-corrected chi connectivity index (χ1v) is 7.93. The molecular formula is C18H22O3. The molecule has 0 bridgehead atoms. The van der Waals surface area contributed by atoms with Gasteiger partial charge in [-0.2, -0.15) is 0 Å². The molecule has 1 aromatic carbocycles. The van der Waals surface area contributed by atoms with Gasteiger partial charge in [-0.25, -0.2) is 4.79 Å². The van der Waals surface area contributed by atoms with Crippen molar-refractivity contribution in [3.8, 4) is 0 Å². The maximum atomic E-state index is 12.2. The molecule has 1 fully saturated rings. The van der Waals surface area contributed by atoms with Crippen LogP contribution in [0.4, 0.5) is 0 Å². The van der Waals surface area contributed by atoms with Crippen LogP contribution >= 0.6 is 0 Å². The Morgan fingerprint density at radius 2 is 1.86 bits per heavy atom. The molecule has 1 spiro atoms. The summed E-state index contributed by atoms with van der Waals surface area (Å²) in [4.78, 5) is 12.2. The van der Waals surface area contributed by atoms with E-state index in [0.29, 0.717) is 5.57 Å². The molecule has 1 heterocycles. The van der Waals surface area contributed by atoms with Crippen LogP contribution < -0.4 is 0 Å². The first-order chi connectivity index (χ1) is 10.2. The molecule has 0 saturated heterocycles. The zero-order chi connectivity index (χ0) is 14.9. The topological polar surface area (TPSA) is 46.5 Å². The number of aliphatic hydroxyl groups excluding tert-OH is 1. The average molecular weight is 286 g/mol. The van der Waals surface area contributed by atoms with Gasteiger partial charge in [0.15, 0.2) is 11.4 Å². The highest BCUT2D eigenvalue weighted by atomic mass is 16.6. The summed E-state index contributed by atoms with van der Waals surface area (Å²) in [6.07, 6.45) is 6.86. The van der Waals surface area contributed by atoms with Gasteiger partial charge in [0.25, 0.3) is 0 Å². The zero-order valence-electron chi connectivity index (χ0n) is 12.5. The predicted octanol–water partition coefficient (Wildman–Crippen LogP) is 4.17. The lowest BCUT2D eigenvalue weighted by molar-refractivity contribution is -0.146. The molecule has 0 radical (unpaired) electrons. The summed E-state index contributed by atoms with van der Waals surface area (Å²) in [5, 5.41) is 10.5. The summed E-state index contributed by atoms with van der Waals surface area (Å²) in [6.45, 7) is 2.17. The Morgan fingerprint density at radius 3 is 2.48 bits per heavy atom. The number of rotatable bonds is 4. The van der Waals surface area contributed by atoms with E-state index in [1.807, 2.05) is 24.3 Å². The molecule has 2 aliphatic rings. The van der Waals surface area contributed by atoms with Crippen LogP contribution in [0.3, 0.4) is 0 Å². The van der Waals surface area contributed by atoms with Crippen LogP contribution in [0.25, 0.3) is 5.57 Å². The van der Waals surface area contributed by atoms with Crippen molar-refractivity contribution in [2.75, 3.05) is 0 Å². The standard InChI is InChI=1S/C18H22O3/c1-2-3-6-13-7-9-14(10-8-13)15-16(19)18(21-17(15)20)11-4-5-12-18/h7-10,19H,2-6,11-12H2,1H3. The lowest BCUT2D eigenvalue weighted by Crippen LogP contribution is -2.27. The number of aryl methyl sites for hydroxylation is 1. The Kier molecular flexibility index (Phi) is 3.75. The lowest BCUT2D eigenvalue weighted by atomic mass is 9.95. The maximum Gasteiger partial charge on any atom is 0.343 e. The highest BCUT2D eigenvalue weighted by Gasteiger charge is 2.50. The van der Waals surface area contributed by atoms with Crippen molar-refractivity contribution in [3.63, 3.8) is 0 Å². The fraction of sp³-hybridized carbons (Fsp3) is 0.500. The minimum absolute atomic E-state index is 0.145. The average Bonchev–Trinajstić information content (AvgIpc) is 3.04. The SMILES string of the molecule is CCCCc1ccc(C2=C(O)C3(CCCC3)OC2=O)cc1. The first-order valence-electron chi connectivity index (χ1n) is 7.93. The smallest absolute Gasteiger partial charge is 0.343 e. The zero-order valence-corrected chi connectivity index (χ0v) is 12.5. The summed E-state index contributed by atoms with van der Waals surface area (Å²) in [6, 6.07) is 7.92. The first kappa shape index (κ1) is 14.2. The summed E-state index contributed by atoms with van der Waals surface area (Å²) >= 11 is 0.